The van der Waals surface area contributed by atoms with Gasteiger partial charge >= 0.3 is 12.1 Å². The van der Waals surface area contributed by atoms with Crippen molar-refractivity contribution in [2.45, 2.75) is 71.1 Å². The lowest BCUT2D eigenvalue weighted by molar-refractivity contribution is -0.137. The fourth-order valence-corrected chi connectivity index (χ4v) is 3.15. The summed E-state index contributed by atoms with van der Waals surface area (Å²) in [6.45, 7) is 8.42. The molecule has 1 saturated heterocycles. The molecule has 2 N–H and O–H groups in total. The van der Waals surface area contributed by atoms with Crippen molar-refractivity contribution in [1.29, 1.82) is 0 Å². The van der Waals surface area contributed by atoms with Crippen LogP contribution < -0.4 is 10.2 Å². The van der Waals surface area contributed by atoms with Gasteiger partial charge in [0, 0.05) is 18.8 Å². The lowest BCUT2D eigenvalue weighted by Gasteiger charge is -2.35. The van der Waals surface area contributed by atoms with Crippen molar-refractivity contribution in [2.75, 3.05) is 11.4 Å². The van der Waals surface area contributed by atoms with Gasteiger partial charge in [0.2, 0.25) is 0 Å². The van der Waals surface area contributed by atoms with Crippen LogP contribution in [0.15, 0.2) is 18.5 Å². The van der Waals surface area contributed by atoms with E-state index in [0.717, 1.165) is 25.1 Å². The minimum atomic E-state index is -0.997. The maximum atomic E-state index is 12.1. The molecule has 1 aliphatic rings. The van der Waals surface area contributed by atoms with Crippen LogP contribution in [0.3, 0.4) is 0 Å². The quantitative estimate of drug-likeness (QED) is 0.832. The first-order valence-corrected chi connectivity index (χ1v) is 9.08. The number of alkyl carbamates (subject to hydrolysis) is 1. The van der Waals surface area contributed by atoms with Crippen LogP contribution in [0.2, 0.25) is 0 Å². The maximum absolute atomic E-state index is 12.1. The van der Waals surface area contributed by atoms with E-state index in [0.29, 0.717) is 11.6 Å². The third-order valence-electron chi connectivity index (χ3n) is 4.35. The Labute approximate surface area is 154 Å². The van der Waals surface area contributed by atoms with Crippen molar-refractivity contribution in [3.05, 3.63) is 24.0 Å². The van der Waals surface area contributed by atoms with Crippen LogP contribution >= 0.6 is 0 Å². The van der Waals surface area contributed by atoms with Crippen molar-refractivity contribution < 1.29 is 19.4 Å². The Hall–Kier alpha value is -2.31. The van der Waals surface area contributed by atoms with Crippen LogP contribution in [0, 0.1) is 0 Å². The summed E-state index contributed by atoms with van der Waals surface area (Å²) in [5.41, 5.74) is 0.964. The number of anilines is 1. The standard InChI is InChI=1S/C19H29N3O4/c1-13-7-5-6-8-22(13)15-9-14(11-20-12-15)16(10-17(23)24)21-18(25)26-19(2,3)4/h9,11-13,16H,5-8,10H2,1-4H3,(H,21,25)(H,23,24). The summed E-state index contributed by atoms with van der Waals surface area (Å²) >= 11 is 0. The molecule has 0 aromatic carbocycles. The molecule has 0 spiro atoms. The maximum Gasteiger partial charge on any atom is 0.408 e. The SMILES string of the molecule is CC1CCCCN1c1cncc(C(CC(=O)O)NC(=O)OC(C)(C)C)c1. The molecule has 0 saturated carbocycles. The molecule has 2 heterocycles. The van der Waals surface area contributed by atoms with E-state index in [9.17, 15) is 14.7 Å². The predicted molar refractivity (Wildman–Crippen MR) is 99.3 cm³/mol. The van der Waals surface area contributed by atoms with Crippen LogP contribution in [0.4, 0.5) is 10.5 Å². The number of carboxylic acid groups (broad SMARTS) is 1. The third-order valence-corrected chi connectivity index (χ3v) is 4.35. The number of nitrogens with zero attached hydrogens (tertiary/aromatic N) is 2. The fourth-order valence-electron chi connectivity index (χ4n) is 3.15. The average molecular weight is 363 g/mol. The van der Waals surface area contributed by atoms with Gasteiger partial charge in [-0.25, -0.2) is 4.79 Å². The number of rotatable bonds is 5. The van der Waals surface area contributed by atoms with E-state index in [2.05, 4.69) is 22.1 Å². The van der Waals surface area contributed by atoms with Crippen molar-refractivity contribution in [3.63, 3.8) is 0 Å². The van der Waals surface area contributed by atoms with Crippen LogP contribution in [-0.2, 0) is 9.53 Å². The Morgan fingerprint density at radius 2 is 2.12 bits per heavy atom. The zero-order valence-electron chi connectivity index (χ0n) is 16.0. The zero-order valence-corrected chi connectivity index (χ0v) is 16.0. The van der Waals surface area contributed by atoms with Crippen molar-refractivity contribution in [2.24, 2.45) is 0 Å². The number of hydrogen-bond acceptors (Lipinski definition) is 5. The minimum absolute atomic E-state index is 0.236. The number of ether oxygens (including phenoxy) is 1. The molecule has 2 unspecified atom stereocenters. The van der Waals surface area contributed by atoms with Crippen LogP contribution in [0.1, 0.15) is 65.0 Å². The highest BCUT2D eigenvalue weighted by Crippen LogP contribution is 2.27. The van der Waals surface area contributed by atoms with Gasteiger partial charge in [0.25, 0.3) is 0 Å². The number of carbonyl (C=O) groups is 2. The number of piperidine rings is 1. The number of pyridine rings is 1. The first-order chi connectivity index (χ1) is 12.2. The summed E-state index contributed by atoms with van der Waals surface area (Å²) < 4.78 is 5.26. The van der Waals surface area contributed by atoms with Gasteiger partial charge in [-0.15, -0.1) is 0 Å². The number of aliphatic carboxylic acids is 1. The summed E-state index contributed by atoms with van der Waals surface area (Å²) in [4.78, 5) is 29.9. The number of aromatic nitrogens is 1. The molecule has 1 amide bonds. The second-order valence-electron chi connectivity index (χ2n) is 7.81. The van der Waals surface area contributed by atoms with Crippen LogP contribution in [0.5, 0.6) is 0 Å². The Bertz CT molecular complexity index is 642. The lowest BCUT2D eigenvalue weighted by Crippen LogP contribution is -2.38. The van der Waals surface area contributed by atoms with Crippen molar-refractivity contribution in [3.8, 4) is 0 Å². The molecule has 0 radical (unpaired) electrons. The molecule has 1 aromatic rings. The first-order valence-electron chi connectivity index (χ1n) is 9.08. The van der Waals surface area contributed by atoms with Gasteiger partial charge in [-0.1, -0.05) is 0 Å². The third kappa shape index (κ3) is 5.89. The molecule has 1 aliphatic heterocycles. The largest absolute Gasteiger partial charge is 0.481 e. The Morgan fingerprint density at radius 3 is 2.73 bits per heavy atom. The molecule has 0 aliphatic carbocycles. The fraction of sp³-hybridized carbons (Fsp3) is 0.632. The van der Waals surface area contributed by atoms with Gasteiger partial charge in [0.15, 0.2) is 0 Å². The first kappa shape index (κ1) is 20.0. The summed E-state index contributed by atoms with van der Waals surface area (Å²) in [7, 11) is 0. The molecule has 26 heavy (non-hydrogen) atoms. The Balaban J connectivity index is 2.20. The zero-order chi connectivity index (χ0) is 19.3. The lowest BCUT2D eigenvalue weighted by atomic mass is 10.0. The monoisotopic (exact) mass is 363 g/mol. The minimum Gasteiger partial charge on any atom is -0.481 e. The second-order valence-corrected chi connectivity index (χ2v) is 7.81. The van der Waals surface area contributed by atoms with Gasteiger partial charge in [0.05, 0.1) is 24.3 Å². The highest BCUT2D eigenvalue weighted by atomic mass is 16.6. The summed E-state index contributed by atoms with van der Waals surface area (Å²) in [5.74, 6) is -0.997. The van der Waals surface area contributed by atoms with Gasteiger partial charge in [-0.05, 0) is 58.6 Å². The van der Waals surface area contributed by atoms with E-state index in [4.69, 9.17) is 4.74 Å². The molecule has 2 atom stereocenters. The smallest absolute Gasteiger partial charge is 0.408 e. The van der Waals surface area contributed by atoms with E-state index in [1.54, 1.807) is 33.2 Å². The van der Waals surface area contributed by atoms with Crippen molar-refractivity contribution in [1.82, 2.24) is 10.3 Å². The number of nitrogens with one attached hydrogen (secondary N) is 1. The van der Waals surface area contributed by atoms with Gasteiger partial charge in [0.1, 0.15) is 5.60 Å². The molecule has 0 bridgehead atoms. The highest BCUT2D eigenvalue weighted by Gasteiger charge is 2.24. The van der Waals surface area contributed by atoms with Crippen LogP contribution in [0.25, 0.3) is 0 Å². The topological polar surface area (TPSA) is 91.8 Å². The van der Waals surface area contributed by atoms with Gasteiger partial charge in [-0.3, -0.25) is 9.78 Å². The van der Waals surface area contributed by atoms with E-state index >= 15 is 0 Å². The highest BCUT2D eigenvalue weighted by molar-refractivity contribution is 5.72. The van der Waals surface area contributed by atoms with Crippen molar-refractivity contribution >= 4 is 17.7 Å². The van der Waals surface area contributed by atoms with E-state index in [1.165, 1.54) is 6.42 Å². The van der Waals surface area contributed by atoms with Gasteiger partial charge in [-0.2, -0.15) is 0 Å². The number of amides is 1. The average Bonchev–Trinajstić information content (AvgIpc) is 2.52. The Morgan fingerprint density at radius 1 is 1.38 bits per heavy atom. The Kier molecular flexibility index (Phi) is 6.45. The summed E-state index contributed by atoms with van der Waals surface area (Å²) in [6, 6.07) is 1.63. The van der Waals surface area contributed by atoms with Crippen LogP contribution in [-0.4, -0.2) is 40.3 Å². The molecule has 7 heteroatoms. The summed E-state index contributed by atoms with van der Waals surface area (Å²) in [5, 5.41) is 11.9. The van der Waals surface area contributed by atoms with E-state index in [1.807, 2.05) is 6.07 Å². The van der Waals surface area contributed by atoms with E-state index < -0.39 is 23.7 Å². The molecule has 2 rings (SSSR count). The van der Waals surface area contributed by atoms with E-state index in [-0.39, 0.29) is 6.42 Å². The molecular weight excluding hydrogens is 334 g/mol. The normalized spacial score (nSPS) is 18.9. The number of hydrogen-bond donors (Lipinski definition) is 2. The molecule has 144 valence electrons. The molecule has 1 aromatic heterocycles. The van der Waals surface area contributed by atoms with Gasteiger partial charge < -0.3 is 20.1 Å². The number of carboxylic acids is 1. The second kappa shape index (κ2) is 8.38. The summed E-state index contributed by atoms with van der Waals surface area (Å²) in [6.07, 6.45) is 5.98. The number of carbonyl (C=O) groups excluding carboxylic acids is 1. The molecule has 1 fully saturated rings. The molecule has 7 nitrogen and oxygen atoms in total. The predicted octanol–water partition coefficient (Wildman–Crippen LogP) is 3.50. The molecular formula is C19H29N3O4.